The van der Waals surface area contributed by atoms with Gasteiger partial charge in [-0.15, -0.1) is 0 Å². The number of hydrogen-bond acceptors (Lipinski definition) is 4. The number of nitrogens with zero attached hydrogens (tertiary/aromatic N) is 2. The van der Waals surface area contributed by atoms with Crippen molar-refractivity contribution in [3.8, 4) is 17.0 Å². The van der Waals surface area contributed by atoms with Crippen molar-refractivity contribution in [3.63, 3.8) is 0 Å². The maximum absolute atomic E-state index is 12.0. The molecular weight excluding hydrogens is 389 g/mol. The standard InChI is InChI=1S/C18H15Cl2N5O2/c1-27-11-7-5-10(6-8-11)14-9-15(26)24-18(23-14)25-17(21)22-13-4-2-3-12(19)16(13)20/h2-9H,1H3,(H4,21,22,23,24,25,26). The summed E-state index contributed by atoms with van der Waals surface area (Å²) in [5.74, 6) is 0.749. The van der Waals surface area contributed by atoms with Crippen LogP contribution >= 0.6 is 23.2 Å². The summed E-state index contributed by atoms with van der Waals surface area (Å²) >= 11 is 12.1. The molecule has 4 N–H and O–H groups in total. The summed E-state index contributed by atoms with van der Waals surface area (Å²) in [6.45, 7) is 0. The molecule has 0 saturated heterocycles. The summed E-state index contributed by atoms with van der Waals surface area (Å²) in [4.78, 5) is 22.9. The maximum Gasteiger partial charge on any atom is 0.252 e. The molecule has 1 heterocycles. The average molecular weight is 404 g/mol. The van der Waals surface area contributed by atoms with E-state index in [1.54, 1.807) is 49.6 Å². The molecule has 0 aliphatic heterocycles. The molecule has 0 bridgehead atoms. The van der Waals surface area contributed by atoms with Crippen molar-refractivity contribution in [1.29, 1.82) is 0 Å². The van der Waals surface area contributed by atoms with Gasteiger partial charge in [-0.05, 0) is 36.4 Å². The van der Waals surface area contributed by atoms with Crippen molar-refractivity contribution in [2.45, 2.75) is 0 Å². The highest BCUT2D eigenvalue weighted by molar-refractivity contribution is 6.44. The van der Waals surface area contributed by atoms with Gasteiger partial charge in [0.25, 0.3) is 5.56 Å². The minimum Gasteiger partial charge on any atom is -0.497 e. The summed E-state index contributed by atoms with van der Waals surface area (Å²) in [7, 11) is 1.58. The van der Waals surface area contributed by atoms with Gasteiger partial charge in [0.05, 0.1) is 28.5 Å². The lowest BCUT2D eigenvalue weighted by Crippen LogP contribution is -2.22. The van der Waals surface area contributed by atoms with Crippen LogP contribution in [0.25, 0.3) is 11.3 Å². The lowest BCUT2D eigenvalue weighted by molar-refractivity contribution is 0.415. The summed E-state index contributed by atoms with van der Waals surface area (Å²) in [5, 5.41) is 3.51. The molecule has 0 unspecified atom stereocenters. The summed E-state index contributed by atoms with van der Waals surface area (Å²) in [6, 6.07) is 13.6. The van der Waals surface area contributed by atoms with E-state index in [-0.39, 0.29) is 17.5 Å². The number of H-pyrrole nitrogens is 1. The van der Waals surface area contributed by atoms with Crippen LogP contribution < -0.4 is 21.3 Å². The molecule has 3 aromatic rings. The zero-order valence-corrected chi connectivity index (χ0v) is 15.7. The predicted molar refractivity (Wildman–Crippen MR) is 108 cm³/mol. The van der Waals surface area contributed by atoms with E-state index in [4.69, 9.17) is 33.7 Å². The number of methoxy groups -OCH3 is 1. The first kappa shape index (κ1) is 18.8. The number of aromatic amines is 1. The minimum atomic E-state index is -0.358. The number of aromatic nitrogens is 2. The third-order valence-corrected chi connectivity index (χ3v) is 4.37. The highest BCUT2D eigenvalue weighted by Crippen LogP contribution is 2.29. The molecule has 0 fully saturated rings. The van der Waals surface area contributed by atoms with E-state index < -0.39 is 0 Å². The molecule has 3 rings (SSSR count). The normalized spacial score (nSPS) is 11.3. The first-order valence-electron chi connectivity index (χ1n) is 7.77. The van der Waals surface area contributed by atoms with Crippen molar-refractivity contribution in [2.24, 2.45) is 10.7 Å². The van der Waals surface area contributed by atoms with E-state index in [9.17, 15) is 4.79 Å². The Hall–Kier alpha value is -3.03. The van der Waals surface area contributed by atoms with Gasteiger partial charge < -0.3 is 15.8 Å². The van der Waals surface area contributed by atoms with Gasteiger partial charge in [0.1, 0.15) is 5.75 Å². The van der Waals surface area contributed by atoms with E-state index in [2.05, 4.69) is 20.3 Å². The third-order valence-electron chi connectivity index (χ3n) is 3.56. The summed E-state index contributed by atoms with van der Waals surface area (Å²) in [6.07, 6.45) is 0. The Morgan fingerprint density at radius 2 is 1.96 bits per heavy atom. The molecule has 138 valence electrons. The number of hydrogen-bond donors (Lipinski definition) is 3. The van der Waals surface area contributed by atoms with Crippen LogP contribution in [0.15, 0.2) is 58.3 Å². The summed E-state index contributed by atoms with van der Waals surface area (Å²) in [5.41, 5.74) is 7.21. The van der Waals surface area contributed by atoms with Gasteiger partial charge in [0.2, 0.25) is 11.9 Å². The van der Waals surface area contributed by atoms with Crippen LogP contribution in [0.1, 0.15) is 0 Å². The topological polar surface area (TPSA) is 105 Å². The number of nitrogens with two attached hydrogens (primary N) is 1. The van der Waals surface area contributed by atoms with Crippen LogP contribution in [0.5, 0.6) is 5.75 Å². The van der Waals surface area contributed by atoms with Crippen LogP contribution in [-0.4, -0.2) is 23.0 Å². The van der Waals surface area contributed by atoms with Gasteiger partial charge in [-0.3, -0.25) is 9.78 Å². The molecule has 1 aromatic heterocycles. The van der Waals surface area contributed by atoms with E-state index in [0.29, 0.717) is 27.2 Å². The first-order chi connectivity index (χ1) is 13.0. The van der Waals surface area contributed by atoms with Crippen LogP contribution in [-0.2, 0) is 0 Å². The minimum absolute atomic E-state index is 0.00537. The molecule has 0 aliphatic rings. The van der Waals surface area contributed by atoms with Gasteiger partial charge in [-0.1, -0.05) is 29.3 Å². The van der Waals surface area contributed by atoms with Crippen molar-refractivity contribution < 1.29 is 4.74 Å². The fourth-order valence-corrected chi connectivity index (χ4v) is 2.64. The Balaban J connectivity index is 1.90. The van der Waals surface area contributed by atoms with Crippen molar-refractivity contribution >= 4 is 40.8 Å². The Morgan fingerprint density at radius 3 is 2.67 bits per heavy atom. The predicted octanol–water partition coefficient (Wildman–Crippen LogP) is 3.81. The van der Waals surface area contributed by atoms with Gasteiger partial charge in [0, 0.05) is 11.6 Å². The largest absolute Gasteiger partial charge is 0.497 e. The quantitative estimate of drug-likeness (QED) is 0.453. The Labute approximate surface area is 164 Å². The number of benzene rings is 2. The van der Waals surface area contributed by atoms with Gasteiger partial charge in [-0.25, -0.2) is 4.98 Å². The second-order valence-corrected chi connectivity index (χ2v) is 6.19. The highest BCUT2D eigenvalue weighted by atomic mass is 35.5. The molecule has 0 spiro atoms. The molecule has 2 aromatic carbocycles. The second kappa shape index (κ2) is 8.11. The van der Waals surface area contributed by atoms with E-state index in [1.165, 1.54) is 6.07 Å². The van der Waals surface area contributed by atoms with Crippen LogP contribution in [0, 0.1) is 0 Å². The SMILES string of the molecule is COc1ccc(-c2cc(=O)[nH]c(/N=C(\N)Nc3cccc(Cl)c3Cl)n2)cc1. The van der Waals surface area contributed by atoms with Gasteiger partial charge in [0.15, 0.2) is 0 Å². The third kappa shape index (κ3) is 4.58. The summed E-state index contributed by atoms with van der Waals surface area (Å²) < 4.78 is 5.12. The average Bonchev–Trinajstić information content (AvgIpc) is 2.65. The van der Waals surface area contributed by atoms with Crippen LogP contribution in [0.4, 0.5) is 11.6 Å². The maximum atomic E-state index is 12.0. The highest BCUT2D eigenvalue weighted by Gasteiger charge is 2.07. The van der Waals surface area contributed by atoms with E-state index in [0.717, 1.165) is 5.56 Å². The molecule has 0 aliphatic carbocycles. The second-order valence-electron chi connectivity index (χ2n) is 5.41. The Bertz CT molecular complexity index is 1050. The van der Waals surface area contributed by atoms with Crippen molar-refractivity contribution in [1.82, 2.24) is 9.97 Å². The molecule has 0 atom stereocenters. The smallest absolute Gasteiger partial charge is 0.252 e. The molecule has 9 heteroatoms. The molecule has 7 nitrogen and oxygen atoms in total. The number of nitrogens with one attached hydrogen (secondary N) is 2. The van der Waals surface area contributed by atoms with E-state index >= 15 is 0 Å². The number of guanidine groups is 1. The zero-order valence-electron chi connectivity index (χ0n) is 14.2. The van der Waals surface area contributed by atoms with Crippen LogP contribution in [0.3, 0.4) is 0 Å². The van der Waals surface area contributed by atoms with E-state index in [1.807, 2.05) is 0 Å². The fraction of sp³-hybridized carbons (Fsp3) is 0.0556. The lowest BCUT2D eigenvalue weighted by atomic mass is 10.1. The lowest BCUT2D eigenvalue weighted by Gasteiger charge is -2.08. The fourth-order valence-electron chi connectivity index (χ4n) is 2.29. The number of ether oxygens (including phenoxy) is 1. The number of anilines is 1. The number of halogens is 2. The molecule has 0 amide bonds. The van der Waals surface area contributed by atoms with Crippen molar-refractivity contribution in [3.05, 3.63) is 68.9 Å². The number of rotatable bonds is 4. The molecule has 0 saturated carbocycles. The van der Waals surface area contributed by atoms with Crippen molar-refractivity contribution in [2.75, 3.05) is 12.4 Å². The molecule has 0 radical (unpaired) electrons. The van der Waals surface area contributed by atoms with Crippen LogP contribution in [0.2, 0.25) is 10.0 Å². The Morgan fingerprint density at radius 1 is 1.22 bits per heavy atom. The molecule has 27 heavy (non-hydrogen) atoms. The first-order valence-corrected chi connectivity index (χ1v) is 8.53. The zero-order chi connectivity index (χ0) is 19.4. The molecular formula is C18H15Cl2N5O2. The monoisotopic (exact) mass is 403 g/mol. The van der Waals surface area contributed by atoms with Gasteiger partial charge >= 0.3 is 0 Å². The Kier molecular flexibility index (Phi) is 5.63. The van der Waals surface area contributed by atoms with Gasteiger partial charge in [-0.2, -0.15) is 4.99 Å². The number of aliphatic imine (C=N–C) groups is 1.